The van der Waals surface area contributed by atoms with E-state index in [1.165, 1.54) is 5.56 Å². The fraction of sp³-hybridized carbons (Fsp3) is 0.750. The highest BCUT2D eigenvalue weighted by atomic mass is 15.2. The molecule has 0 saturated carbocycles. The van der Waals surface area contributed by atoms with Gasteiger partial charge in [0, 0.05) is 51.5 Å². The van der Waals surface area contributed by atoms with Crippen molar-refractivity contribution in [3.63, 3.8) is 0 Å². The van der Waals surface area contributed by atoms with Crippen LogP contribution in [0.4, 0.5) is 0 Å². The summed E-state index contributed by atoms with van der Waals surface area (Å²) in [6.45, 7) is 5.19. The van der Waals surface area contributed by atoms with Crippen LogP contribution >= 0.6 is 0 Å². The van der Waals surface area contributed by atoms with Gasteiger partial charge in [0.2, 0.25) is 0 Å². The van der Waals surface area contributed by atoms with Crippen LogP contribution < -0.4 is 5.32 Å². The lowest BCUT2D eigenvalue weighted by Crippen LogP contribution is -2.33. The van der Waals surface area contributed by atoms with E-state index in [9.17, 15) is 0 Å². The van der Waals surface area contributed by atoms with Crippen molar-refractivity contribution < 1.29 is 0 Å². The number of nitrogens with zero attached hydrogens (tertiary/aromatic N) is 4. The van der Waals surface area contributed by atoms with Crippen LogP contribution in [0.1, 0.15) is 5.56 Å². The van der Waals surface area contributed by atoms with Crippen LogP contribution in [0, 0.1) is 0 Å². The highest BCUT2D eigenvalue weighted by molar-refractivity contribution is 5.02. The van der Waals surface area contributed by atoms with Crippen LogP contribution in [0.25, 0.3) is 0 Å². The number of aryl methyl sites for hydroxylation is 1. The van der Waals surface area contributed by atoms with Crippen molar-refractivity contribution in [2.75, 3.05) is 47.3 Å². The van der Waals surface area contributed by atoms with Gasteiger partial charge in [0.25, 0.3) is 0 Å². The molecule has 0 saturated heterocycles. The fourth-order valence-electron chi connectivity index (χ4n) is 1.64. The van der Waals surface area contributed by atoms with Crippen molar-refractivity contribution in [2.45, 2.75) is 6.54 Å². The summed E-state index contributed by atoms with van der Waals surface area (Å²) in [5.74, 6) is 0. The SMILES string of the molecule is CN(C)CCNCCN(C)Cc1cnn(C)c1. The molecule has 0 radical (unpaired) electrons. The maximum Gasteiger partial charge on any atom is 0.0534 e. The van der Waals surface area contributed by atoms with Crippen LogP contribution in [0.3, 0.4) is 0 Å². The van der Waals surface area contributed by atoms with E-state index in [2.05, 4.69) is 47.6 Å². The molecule has 1 rings (SSSR count). The van der Waals surface area contributed by atoms with Crippen molar-refractivity contribution in [3.8, 4) is 0 Å². The minimum Gasteiger partial charge on any atom is -0.314 e. The average Bonchev–Trinajstić information content (AvgIpc) is 2.63. The normalized spacial score (nSPS) is 11.6. The highest BCUT2D eigenvalue weighted by Crippen LogP contribution is 1.99. The van der Waals surface area contributed by atoms with Gasteiger partial charge in [-0.1, -0.05) is 0 Å². The molecule has 0 atom stereocenters. The van der Waals surface area contributed by atoms with E-state index in [4.69, 9.17) is 0 Å². The molecule has 1 heterocycles. The van der Waals surface area contributed by atoms with Crippen LogP contribution in [0.2, 0.25) is 0 Å². The van der Waals surface area contributed by atoms with Gasteiger partial charge < -0.3 is 15.1 Å². The molecular formula is C12H25N5. The smallest absolute Gasteiger partial charge is 0.0534 e. The van der Waals surface area contributed by atoms with E-state index in [0.717, 1.165) is 32.7 Å². The second kappa shape index (κ2) is 7.42. The van der Waals surface area contributed by atoms with Gasteiger partial charge in [-0.05, 0) is 21.1 Å². The van der Waals surface area contributed by atoms with Crippen LogP contribution in [0.15, 0.2) is 12.4 Å². The lowest BCUT2D eigenvalue weighted by molar-refractivity contribution is 0.319. The second-order valence-corrected chi connectivity index (χ2v) is 4.81. The topological polar surface area (TPSA) is 36.3 Å². The summed E-state index contributed by atoms with van der Waals surface area (Å²) < 4.78 is 1.85. The van der Waals surface area contributed by atoms with E-state index >= 15 is 0 Å². The maximum atomic E-state index is 4.17. The molecule has 5 heteroatoms. The minimum atomic E-state index is 0.962. The van der Waals surface area contributed by atoms with Crippen LogP contribution in [0.5, 0.6) is 0 Å². The quantitative estimate of drug-likeness (QED) is 0.648. The average molecular weight is 239 g/mol. The zero-order chi connectivity index (χ0) is 12.7. The molecule has 1 N–H and O–H groups in total. The van der Waals surface area contributed by atoms with E-state index in [1.807, 2.05) is 17.9 Å². The number of hydrogen-bond donors (Lipinski definition) is 1. The first-order valence-electron chi connectivity index (χ1n) is 6.09. The zero-order valence-electron chi connectivity index (χ0n) is 11.5. The summed E-state index contributed by atoms with van der Waals surface area (Å²) in [5, 5.41) is 7.60. The molecule has 0 aliphatic rings. The van der Waals surface area contributed by atoms with Gasteiger partial charge >= 0.3 is 0 Å². The Morgan fingerprint density at radius 3 is 2.53 bits per heavy atom. The summed E-state index contributed by atoms with van der Waals surface area (Å²) in [4.78, 5) is 4.49. The third kappa shape index (κ3) is 6.41. The first-order chi connectivity index (χ1) is 8.08. The molecular weight excluding hydrogens is 214 g/mol. The molecule has 0 aliphatic heterocycles. The molecule has 0 aromatic carbocycles. The van der Waals surface area contributed by atoms with E-state index < -0.39 is 0 Å². The van der Waals surface area contributed by atoms with E-state index in [0.29, 0.717) is 0 Å². The monoisotopic (exact) mass is 239 g/mol. The Labute approximate surface area is 104 Å². The summed E-state index contributed by atoms with van der Waals surface area (Å²) in [6, 6.07) is 0. The zero-order valence-corrected chi connectivity index (χ0v) is 11.5. The van der Waals surface area contributed by atoms with Crippen molar-refractivity contribution in [3.05, 3.63) is 18.0 Å². The van der Waals surface area contributed by atoms with Crippen molar-refractivity contribution >= 4 is 0 Å². The van der Waals surface area contributed by atoms with Gasteiger partial charge in [-0.15, -0.1) is 0 Å². The molecule has 0 aliphatic carbocycles. The van der Waals surface area contributed by atoms with Gasteiger partial charge in [0.1, 0.15) is 0 Å². The minimum absolute atomic E-state index is 0.962. The molecule has 0 fully saturated rings. The Balaban J connectivity index is 2.07. The number of likely N-dealkylation sites (N-methyl/N-ethyl adjacent to an activating group) is 2. The van der Waals surface area contributed by atoms with E-state index in [-0.39, 0.29) is 0 Å². The van der Waals surface area contributed by atoms with Crippen molar-refractivity contribution in [1.82, 2.24) is 24.9 Å². The Kier molecular flexibility index (Phi) is 6.18. The predicted molar refractivity (Wildman–Crippen MR) is 71.0 cm³/mol. The Bertz CT molecular complexity index is 308. The second-order valence-electron chi connectivity index (χ2n) is 4.81. The molecule has 0 amide bonds. The van der Waals surface area contributed by atoms with Crippen molar-refractivity contribution in [1.29, 1.82) is 0 Å². The maximum absolute atomic E-state index is 4.17. The number of rotatable bonds is 8. The summed E-state index contributed by atoms with van der Waals surface area (Å²) in [7, 11) is 8.28. The summed E-state index contributed by atoms with van der Waals surface area (Å²) >= 11 is 0. The lowest BCUT2D eigenvalue weighted by atomic mass is 10.3. The molecule has 17 heavy (non-hydrogen) atoms. The molecule has 1 aromatic rings. The first-order valence-corrected chi connectivity index (χ1v) is 6.09. The molecule has 0 unspecified atom stereocenters. The third-order valence-electron chi connectivity index (χ3n) is 2.62. The molecule has 5 nitrogen and oxygen atoms in total. The molecule has 0 spiro atoms. The number of nitrogens with one attached hydrogen (secondary N) is 1. The molecule has 1 aromatic heterocycles. The number of hydrogen-bond acceptors (Lipinski definition) is 4. The van der Waals surface area contributed by atoms with Gasteiger partial charge in [-0.2, -0.15) is 5.10 Å². The molecule has 98 valence electrons. The lowest BCUT2D eigenvalue weighted by Gasteiger charge is -2.16. The van der Waals surface area contributed by atoms with Crippen LogP contribution in [-0.4, -0.2) is 66.9 Å². The van der Waals surface area contributed by atoms with Gasteiger partial charge in [0.05, 0.1) is 6.20 Å². The first kappa shape index (κ1) is 14.2. The largest absolute Gasteiger partial charge is 0.314 e. The Hall–Kier alpha value is -0.910. The Morgan fingerprint density at radius 2 is 1.94 bits per heavy atom. The predicted octanol–water partition coefficient (Wildman–Crippen LogP) is 0.00310. The summed E-state index contributed by atoms with van der Waals surface area (Å²) in [6.07, 6.45) is 3.99. The standard InChI is InChI=1S/C12H25N5/c1-15(2)7-5-13-6-8-16(3)10-12-9-14-17(4)11-12/h9,11,13H,5-8,10H2,1-4H3. The van der Waals surface area contributed by atoms with Gasteiger partial charge in [0.15, 0.2) is 0 Å². The Morgan fingerprint density at radius 1 is 1.24 bits per heavy atom. The van der Waals surface area contributed by atoms with Crippen LogP contribution in [-0.2, 0) is 13.6 Å². The number of aromatic nitrogens is 2. The van der Waals surface area contributed by atoms with Crippen molar-refractivity contribution in [2.24, 2.45) is 7.05 Å². The van der Waals surface area contributed by atoms with Gasteiger partial charge in [-0.3, -0.25) is 4.68 Å². The van der Waals surface area contributed by atoms with Gasteiger partial charge in [-0.25, -0.2) is 0 Å². The highest BCUT2D eigenvalue weighted by Gasteiger charge is 2.01. The van der Waals surface area contributed by atoms with E-state index in [1.54, 1.807) is 0 Å². The summed E-state index contributed by atoms with van der Waals surface area (Å²) in [5.41, 5.74) is 1.27. The molecule has 0 bridgehead atoms. The fourth-order valence-corrected chi connectivity index (χ4v) is 1.64. The third-order valence-corrected chi connectivity index (χ3v) is 2.62.